The predicted molar refractivity (Wildman–Crippen MR) is 99.3 cm³/mol. The van der Waals surface area contributed by atoms with Crippen molar-refractivity contribution in [1.82, 2.24) is 4.90 Å². The minimum Gasteiger partial charge on any atom is -0.462 e. The Morgan fingerprint density at radius 3 is 2.44 bits per heavy atom. The van der Waals surface area contributed by atoms with Gasteiger partial charge in [0, 0.05) is 31.3 Å². The van der Waals surface area contributed by atoms with Gasteiger partial charge in [0.15, 0.2) is 0 Å². The quantitative estimate of drug-likeness (QED) is 0.799. The fraction of sp³-hybridized carbons (Fsp3) is 0.550. The van der Waals surface area contributed by atoms with Gasteiger partial charge in [-0.1, -0.05) is 0 Å². The zero-order chi connectivity index (χ0) is 19.2. The molecule has 0 aliphatic carbocycles. The lowest BCUT2D eigenvalue weighted by molar-refractivity contribution is -0.143. The Hall–Kier alpha value is -2.41. The molecule has 1 atom stereocenters. The topological polar surface area (TPSA) is 84.9 Å². The molecule has 146 valence electrons. The number of hydrogen-bond donors (Lipinski definition) is 1. The van der Waals surface area contributed by atoms with Crippen LogP contribution in [0, 0.1) is 5.92 Å². The van der Waals surface area contributed by atoms with Crippen molar-refractivity contribution in [2.75, 3.05) is 31.6 Å². The molecule has 0 radical (unpaired) electrons. The summed E-state index contributed by atoms with van der Waals surface area (Å²) in [7, 11) is 0. The second-order valence-corrected chi connectivity index (χ2v) is 6.89. The third kappa shape index (κ3) is 4.86. The Balaban J connectivity index is 1.48. The maximum atomic E-state index is 12.5. The summed E-state index contributed by atoms with van der Waals surface area (Å²) in [6.45, 7) is 3.90. The first-order valence-electron chi connectivity index (χ1n) is 9.57. The molecule has 2 fully saturated rings. The van der Waals surface area contributed by atoms with Gasteiger partial charge in [-0.05, 0) is 56.9 Å². The number of ether oxygens (including phenoxy) is 2. The highest BCUT2D eigenvalue weighted by atomic mass is 16.5. The molecule has 2 saturated heterocycles. The van der Waals surface area contributed by atoms with Gasteiger partial charge in [-0.25, -0.2) is 4.79 Å². The minimum atomic E-state index is -0.376. The molecule has 7 heteroatoms. The summed E-state index contributed by atoms with van der Waals surface area (Å²) in [6.07, 6.45) is 2.72. The van der Waals surface area contributed by atoms with Crippen molar-refractivity contribution < 1.29 is 23.9 Å². The van der Waals surface area contributed by atoms with Crippen LogP contribution in [0.15, 0.2) is 24.3 Å². The summed E-state index contributed by atoms with van der Waals surface area (Å²) in [4.78, 5) is 38.3. The fourth-order valence-corrected chi connectivity index (χ4v) is 3.49. The van der Waals surface area contributed by atoms with E-state index >= 15 is 0 Å². The first-order valence-corrected chi connectivity index (χ1v) is 9.57. The average Bonchev–Trinajstić information content (AvgIpc) is 3.23. The minimum absolute atomic E-state index is 0.0527. The fourth-order valence-electron chi connectivity index (χ4n) is 3.49. The average molecular weight is 374 g/mol. The molecule has 2 heterocycles. The van der Waals surface area contributed by atoms with Gasteiger partial charge in [0.1, 0.15) is 6.10 Å². The summed E-state index contributed by atoms with van der Waals surface area (Å²) in [5.74, 6) is -0.494. The molecule has 2 aliphatic heterocycles. The maximum Gasteiger partial charge on any atom is 0.338 e. The van der Waals surface area contributed by atoms with Crippen LogP contribution in [0.25, 0.3) is 0 Å². The molecule has 1 unspecified atom stereocenters. The van der Waals surface area contributed by atoms with Crippen LogP contribution in [-0.2, 0) is 19.1 Å². The van der Waals surface area contributed by atoms with E-state index in [9.17, 15) is 14.4 Å². The molecule has 0 saturated carbocycles. The van der Waals surface area contributed by atoms with Crippen LogP contribution in [0.5, 0.6) is 0 Å². The summed E-state index contributed by atoms with van der Waals surface area (Å²) < 4.78 is 10.4. The van der Waals surface area contributed by atoms with Crippen molar-refractivity contribution in [2.45, 2.75) is 38.7 Å². The van der Waals surface area contributed by atoms with Crippen LogP contribution in [-0.4, -0.2) is 55.1 Å². The van der Waals surface area contributed by atoms with Crippen LogP contribution in [0.2, 0.25) is 0 Å². The standard InChI is InChI=1S/C20H26N2O5/c1-2-26-20(25)15-5-7-16(8-6-15)21-18(23)14-9-11-22(12-10-14)19(24)17-4-3-13-27-17/h5-8,14,17H,2-4,9-13H2,1H3,(H,21,23). The molecule has 0 aromatic heterocycles. The number of nitrogens with one attached hydrogen (secondary N) is 1. The van der Waals surface area contributed by atoms with E-state index in [1.165, 1.54) is 0 Å². The molecule has 0 spiro atoms. The number of amides is 2. The highest BCUT2D eigenvalue weighted by Crippen LogP contribution is 2.23. The molecule has 0 bridgehead atoms. The molecular weight excluding hydrogens is 348 g/mol. The SMILES string of the molecule is CCOC(=O)c1ccc(NC(=O)C2CCN(C(=O)C3CCCO3)CC2)cc1. The van der Waals surface area contributed by atoms with E-state index in [-0.39, 0.29) is 29.8 Å². The Bertz CT molecular complexity index is 674. The highest BCUT2D eigenvalue weighted by Gasteiger charge is 2.32. The van der Waals surface area contributed by atoms with Crippen LogP contribution in [0.3, 0.4) is 0 Å². The Labute approximate surface area is 159 Å². The molecule has 27 heavy (non-hydrogen) atoms. The summed E-state index contributed by atoms with van der Waals surface area (Å²) >= 11 is 0. The van der Waals surface area contributed by atoms with E-state index in [0.29, 0.717) is 50.4 Å². The zero-order valence-corrected chi connectivity index (χ0v) is 15.6. The third-order valence-electron chi connectivity index (χ3n) is 5.05. The van der Waals surface area contributed by atoms with Crippen molar-refractivity contribution in [3.63, 3.8) is 0 Å². The first kappa shape index (κ1) is 19.4. The van der Waals surface area contributed by atoms with Gasteiger partial charge in [0.2, 0.25) is 5.91 Å². The number of benzene rings is 1. The molecule has 1 aromatic rings. The van der Waals surface area contributed by atoms with Crippen LogP contribution in [0.4, 0.5) is 5.69 Å². The Kier molecular flexibility index (Phi) is 6.45. The molecule has 7 nitrogen and oxygen atoms in total. The van der Waals surface area contributed by atoms with Gasteiger partial charge in [-0.3, -0.25) is 9.59 Å². The summed E-state index contributed by atoms with van der Waals surface area (Å²) in [5, 5.41) is 2.89. The second-order valence-electron chi connectivity index (χ2n) is 6.89. The Morgan fingerprint density at radius 2 is 1.85 bits per heavy atom. The van der Waals surface area contributed by atoms with Gasteiger partial charge in [-0.15, -0.1) is 0 Å². The van der Waals surface area contributed by atoms with Crippen molar-refractivity contribution in [3.05, 3.63) is 29.8 Å². The van der Waals surface area contributed by atoms with E-state index < -0.39 is 0 Å². The van der Waals surface area contributed by atoms with Crippen molar-refractivity contribution >= 4 is 23.5 Å². The number of piperidine rings is 1. The molecule has 2 amide bonds. The van der Waals surface area contributed by atoms with Crippen molar-refractivity contribution in [2.24, 2.45) is 5.92 Å². The van der Waals surface area contributed by atoms with Gasteiger partial charge in [-0.2, -0.15) is 0 Å². The number of rotatable bonds is 5. The lowest BCUT2D eigenvalue weighted by Crippen LogP contribution is -2.45. The normalized spacial score (nSPS) is 20.3. The molecule has 1 N–H and O–H groups in total. The summed E-state index contributed by atoms with van der Waals surface area (Å²) in [5.41, 5.74) is 1.10. The largest absolute Gasteiger partial charge is 0.462 e. The van der Waals surface area contributed by atoms with Crippen LogP contribution in [0.1, 0.15) is 43.0 Å². The lowest BCUT2D eigenvalue weighted by Gasteiger charge is -2.32. The smallest absolute Gasteiger partial charge is 0.338 e. The number of carbonyl (C=O) groups excluding carboxylic acids is 3. The van der Waals surface area contributed by atoms with Crippen LogP contribution < -0.4 is 5.32 Å². The van der Waals surface area contributed by atoms with Crippen molar-refractivity contribution in [1.29, 1.82) is 0 Å². The van der Waals surface area contributed by atoms with E-state index in [1.54, 1.807) is 31.2 Å². The van der Waals surface area contributed by atoms with Gasteiger partial charge in [0.25, 0.3) is 5.91 Å². The number of anilines is 1. The summed E-state index contributed by atoms with van der Waals surface area (Å²) in [6, 6.07) is 6.66. The zero-order valence-electron chi connectivity index (χ0n) is 15.6. The Morgan fingerprint density at radius 1 is 1.15 bits per heavy atom. The van der Waals surface area contributed by atoms with E-state index in [0.717, 1.165) is 12.8 Å². The van der Waals surface area contributed by atoms with Crippen molar-refractivity contribution in [3.8, 4) is 0 Å². The van der Waals surface area contributed by atoms with E-state index in [1.807, 2.05) is 4.90 Å². The highest BCUT2D eigenvalue weighted by molar-refractivity contribution is 5.94. The number of hydrogen-bond acceptors (Lipinski definition) is 5. The number of likely N-dealkylation sites (tertiary alicyclic amines) is 1. The lowest BCUT2D eigenvalue weighted by atomic mass is 9.95. The van der Waals surface area contributed by atoms with Crippen LogP contribution >= 0.6 is 0 Å². The molecule has 1 aromatic carbocycles. The van der Waals surface area contributed by atoms with Gasteiger partial charge < -0.3 is 19.7 Å². The number of esters is 1. The number of carbonyl (C=O) groups is 3. The molecule has 3 rings (SSSR count). The molecule has 2 aliphatic rings. The van der Waals surface area contributed by atoms with Gasteiger partial charge >= 0.3 is 5.97 Å². The second kappa shape index (κ2) is 8.99. The van der Waals surface area contributed by atoms with E-state index in [4.69, 9.17) is 9.47 Å². The first-order chi connectivity index (χ1) is 13.1. The molecular formula is C20H26N2O5. The maximum absolute atomic E-state index is 12.5. The predicted octanol–water partition coefficient (Wildman–Crippen LogP) is 2.22. The number of nitrogens with zero attached hydrogens (tertiary/aromatic N) is 1. The third-order valence-corrected chi connectivity index (χ3v) is 5.05. The van der Waals surface area contributed by atoms with E-state index in [2.05, 4.69) is 5.32 Å². The van der Waals surface area contributed by atoms with Gasteiger partial charge in [0.05, 0.1) is 12.2 Å². The monoisotopic (exact) mass is 374 g/mol.